The maximum atomic E-state index is 12.0. The molecule has 0 spiro atoms. The molecule has 0 aliphatic heterocycles. The summed E-state index contributed by atoms with van der Waals surface area (Å²) in [6.45, 7) is 9.42. The first-order valence-electron chi connectivity index (χ1n) is 9.38. The van der Waals surface area contributed by atoms with E-state index in [1.165, 1.54) is 11.3 Å². The maximum absolute atomic E-state index is 12.0. The van der Waals surface area contributed by atoms with Crippen molar-refractivity contribution in [1.29, 1.82) is 0 Å². The van der Waals surface area contributed by atoms with Gasteiger partial charge in [0.2, 0.25) is 5.13 Å². The molecule has 1 aliphatic carbocycles. The summed E-state index contributed by atoms with van der Waals surface area (Å²) in [5.74, 6) is -0.359. The Hall–Kier alpha value is -2.42. The molecule has 0 bridgehead atoms. The van der Waals surface area contributed by atoms with Crippen LogP contribution in [0.2, 0.25) is 0 Å². The normalized spacial score (nSPS) is 16.4. The third-order valence-electron chi connectivity index (χ3n) is 4.24. The molecule has 1 amide bonds. The van der Waals surface area contributed by atoms with E-state index in [-0.39, 0.29) is 12.0 Å². The number of esters is 1. The zero-order valence-corrected chi connectivity index (χ0v) is 17.7. The summed E-state index contributed by atoms with van der Waals surface area (Å²) in [7, 11) is 0. The van der Waals surface area contributed by atoms with Crippen LogP contribution in [0.15, 0.2) is 6.20 Å². The lowest BCUT2D eigenvalue weighted by molar-refractivity contribution is 0.0496. The van der Waals surface area contributed by atoms with Crippen molar-refractivity contribution in [3.8, 4) is 5.13 Å². The molecule has 0 aromatic carbocycles. The number of rotatable bonds is 4. The molecule has 0 fully saturated rings. The highest BCUT2D eigenvalue weighted by atomic mass is 32.1. The monoisotopic (exact) mass is 406 g/mol. The number of aryl methyl sites for hydroxylation is 2. The highest BCUT2D eigenvalue weighted by Gasteiger charge is 2.26. The third-order valence-corrected chi connectivity index (χ3v) is 5.36. The number of thiazole rings is 1. The van der Waals surface area contributed by atoms with Crippen LogP contribution < -0.4 is 5.32 Å². The van der Waals surface area contributed by atoms with Gasteiger partial charge in [0.05, 0.1) is 18.0 Å². The molecular weight excluding hydrogens is 380 g/mol. The lowest BCUT2D eigenvalue weighted by Crippen LogP contribution is -2.41. The molecule has 152 valence electrons. The van der Waals surface area contributed by atoms with Gasteiger partial charge in [-0.1, -0.05) is 11.3 Å². The SMILES string of the molecule is CCOC(=O)c1sc(-n2cc3c(n2)CCC(NC(=O)OC(C)(C)C)C3)nc1C. The van der Waals surface area contributed by atoms with Crippen molar-refractivity contribution < 1.29 is 19.1 Å². The fraction of sp³-hybridized carbons (Fsp3) is 0.579. The molecule has 9 heteroatoms. The number of fused-ring (bicyclic) bond motifs is 1. The minimum atomic E-state index is -0.520. The molecule has 1 atom stereocenters. The highest BCUT2D eigenvalue weighted by molar-refractivity contribution is 7.16. The van der Waals surface area contributed by atoms with Gasteiger partial charge in [-0.3, -0.25) is 0 Å². The Labute approximate surface area is 168 Å². The summed E-state index contributed by atoms with van der Waals surface area (Å²) in [6.07, 6.45) is 3.77. The summed E-state index contributed by atoms with van der Waals surface area (Å²) < 4.78 is 12.1. The summed E-state index contributed by atoms with van der Waals surface area (Å²) in [5.41, 5.74) is 2.18. The van der Waals surface area contributed by atoms with E-state index in [2.05, 4.69) is 15.4 Å². The van der Waals surface area contributed by atoms with Crippen LogP contribution in [0, 0.1) is 6.92 Å². The van der Waals surface area contributed by atoms with Gasteiger partial charge >= 0.3 is 12.1 Å². The van der Waals surface area contributed by atoms with E-state index in [1.807, 2.05) is 27.0 Å². The van der Waals surface area contributed by atoms with E-state index >= 15 is 0 Å². The number of aromatic nitrogens is 3. The number of alkyl carbamates (subject to hydrolysis) is 1. The zero-order valence-electron chi connectivity index (χ0n) is 16.9. The average molecular weight is 407 g/mol. The number of ether oxygens (including phenoxy) is 2. The zero-order chi connectivity index (χ0) is 20.5. The second-order valence-corrected chi connectivity index (χ2v) is 8.74. The van der Waals surface area contributed by atoms with Crippen LogP contribution in [0.3, 0.4) is 0 Å². The number of nitrogens with one attached hydrogen (secondary N) is 1. The summed E-state index contributed by atoms with van der Waals surface area (Å²) in [6, 6.07) is 0.00752. The summed E-state index contributed by atoms with van der Waals surface area (Å²) >= 11 is 1.27. The Balaban J connectivity index is 1.71. The first kappa shape index (κ1) is 20.3. The molecule has 2 aromatic heterocycles. The van der Waals surface area contributed by atoms with Gasteiger partial charge in [0.1, 0.15) is 10.5 Å². The van der Waals surface area contributed by atoms with Crippen LogP contribution in [0.4, 0.5) is 4.79 Å². The number of carbonyl (C=O) groups is 2. The quantitative estimate of drug-likeness (QED) is 0.784. The van der Waals surface area contributed by atoms with Gasteiger partial charge in [-0.15, -0.1) is 0 Å². The molecule has 1 N–H and O–H groups in total. The van der Waals surface area contributed by atoms with Gasteiger partial charge in [0, 0.05) is 12.2 Å². The smallest absolute Gasteiger partial charge is 0.407 e. The molecule has 2 aromatic rings. The molecule has 2 heterocycles. The molecule has 1 aliphatic rings. The van der Waals surface area contributed by atoms with Crippen LogP contribution in [-0.4, -0.2) is 45.1 Å². The first-order valence-corrected chi connectivity index (χ1v) is 10.2. The number of hydrogen-bond donors (Lipinski definition) is 1. The summed E-state index contributed by atoms with van der Waals surface area (Å²) in [4.78, 5) is 29.0. The Morgan fingerprint density at radius 2 is 2.14 bits per heavy atom. The van der Waals surface area contributed by atoms with Gasteiger partial charge in [-0.25, -0.2) is 19.3 Å². The molecule has 0 saturated carbocycles. The minimum absolute atomic E-state index is 0.00752. The fourth-order valence-electron chi connectivity index (χ4n) is 3.07. The van der Waals surface area contributed by atoms with Gasteiger partial charge in [-0.05, 0) is 59.4 Å². The standard InChI is InChI=1S/C19H26N4O4S/c1-6-26-16(24)15-11(2)20-17(28-15)23-10-12-9-13(7-8-14(12)22-23)21-18(25)27-19(3,4)5/h10,13H,6-9H2,1-5H3,(H,21,25). The highest BCUT2D eigenvalue weighted by Crippen LogP contribution is 2.26. The Bertz CT molecular complexity index is 881. The first-order chi connectivity index (χ1) is 13.2. The van der Waals surface area contributed by atoms with Crippen molar-refractivity contribution in [1.82, 2.24) is 20.1 Å². The number of nitrogens with zero attached hydrogens (tertiary/aromatic N) is 3. The number of amides is 1. The Kier molecular flexibility index (Phi) is 5.74. The Morgan fingerprint density at radius 1 is 1.39 bits per heavy atom. The topological polar surface area (TPSA) is 95.3 Å². The van der Waals surface area contributed by atoms with Crippen molar-refractivity contribution >= 4 is 23.4 Å². The minimum Gasteiger partial charge on any atom is -0.462 e. The fourth-order valence-corrected chi connectivity index (χ4v) is 3.95. The van der Waals surface area contributed by atoms with E-state index in [0.29, 0.717) is 28.7 Å². The Morgan fingerprint density at radius 3 is 2.82 bits per heavy atom. The van der Waals surface area contributed by atoms with E-state index in [9.17, 15) is 9.59 Å². The van der Waals surface area contributed by atoms with E-state index < -0.39 is 11.7 Å². The van der Waals surface area contributed by atoms with Crippen LogP contribution in [0.1, 0.15) is 60.7 Å². The summed E-state index contributed by atoms with van der Waals surface area (Å²) in [5, 5.41) is 8.19. The van der Waals surface area contributed by atoms with Crippen LogP contribution in [0.25, 0.3) is 5.13 Å². The van der Waals surface area contributed by atoms with Gasteiger partial charge in [-0.2, -0.15) is 5.10 Å². The molecule has 28 heavy (non-hydrogen) atoms. The lowest BCUT2D eigenvalue weighted by atomic mass is 9.94. The van der Waals surface area contributed by atoms with Crippen molar-refractivity contribution in [3.05, 3.63) is 28.0 Å². The van der Waals surface area contributed by atoms with Crippen LogP contribution in [0.5, 0.6) is 0 Å². The molecule has 0 radical (unpaired) electrons. The predicted octanol–water partition coefficient (Wildman–Crippen LogP) is 3.20. The van der Waals surface area contributed by atoms with E-state index in [1.54, 1.807) is 18.5 Å². The molecule has 0 saturated heterocycles. The van der Waals surface area contributed by atoms with E-state index in [4.69, 9.17) is 9.47 Å². The van der Waals surface area contributed by atoms with Gasteiger partial charge < -0.3 is 14.8 Å². The lowest BCUT2D eigenvalue weighted by Gasteiger charge is -2.25. The molecule has 8 nitrogen and oxygen atoms in total. The molecular formula is C19H26N4O4S. The number of hydrogen-bond acceptors (Lipinski definition) is 7. The van der Waals surface area contributed by atoms with Crippen molar-refractivity contribution in [2.24, 2.45) is 0 Å². The van der Waals surface area contributed by atoms with Crippen LogP contribution >= 0.6 is 11.3 Å². The second-order valence-electron chi connectivity index (χ2n) is 7.76. The third kappa shape index (κ3) is 4.70. The van der Waals surface area contributed by atoms with Crippen molar-refractivity contribution in [2.75, 3.05) is 6.61 Å². The predicted molar refractivity (Wildman–Crippen MR) is 105 cm³/mol. The molecule has 3 rings (SSSR count). The van der Waals surface area contributed by atoms with Crippen molar-refractivity contribution in [2.45, 2.75) is 65.5 Å². The van der Waals surface area contributed by atoms with Crippen molar-refractivity contribution in [3.63, 3.8) is 0 Å². The molecule has 1 unspecified atom stereocenters. The largest absolute Gasteiger partial charge is 0.462 e. The number of carbonyl (C=O) groups excluding carboxylic acids is 2. The van der Waals surface area contributed by atoms with E-state index in [0.717, 1.165) is 24.1 Å². The maximum Gasteiger partial charge on any atom is 0.407 e. The van der Waals surface area contributed by atoms with Gasteiger partial charge in [0.15, 0.2) is 0 Å². The average Bonchev–Trinajstić information content (AvgIpc) is 3.16. The van der Waals surface area contributed by atoms with Gasteiger partial charge in [0.25, 0.3) is 0 Å². The second kappa shape index (κ2) is 7.90. The van der Waals surface area contributed by atoms with Crippen LogP contribution in [-0.2, 0) is 22.3 Å².